The first-order valence-electron chi connectivity index (χ1n) is 6.53. The third-order valence-electron chi connectivity index (χ3n) is 2.92. The van der Waals surface area contributed by atoms with Crippen LogP contribution in [0.1, 0.15) is 24.5 Å². The highest BCUT2D eigenvalue weighted by atomic mass is 79.9. The summed E-state index contributed by atoms with van der Waals surface area (Å²) in [7, 11) is 0. The normalized spacial score (nSPS) is 11.9. The van der Waals surface area contributed by atoms with Crippen molar-refractivity contribution in [3.8, 4) is 5.69 Å². The van der Waals surface area contributed by atoms with Crippen molar-refractivity contribution in [3.05, 3.63) is 46.2 Å². The van der Waals surface area contributed by atoms with E-state index in [0.29, 0.717) is 10.2 Å². The molecule has 0 atom stereocenters. The highest BCUT2D eigenvalue weighted by molar-refractivity contribution is 9.10. The van der Waals surface area contributed by atoms with Gasteiger partial charge in [-0.25, -0.2) is 4.68 Å². The van der Waals surface area contributed by atoms with Gasteiger partial charge < -0.3 is 5.32 Å². The Hall–Kier alpha value is -1.34. The van der Waals surface area contributed by atoms with Crippen molar-refractivity contribution in [1.29, 1.82) is 0 Å². The smallest absolute Gasteiger partial charge is 0.313 e. The summed E-state index contributed by atoms with van der Waals surface area (Å²) in [6, 6.07) is 5.50. The molecule has 0 bridgehead atoms. The fourth-order valence-electron chi connectivity index (χ4n) is 1.86. The van der Waals surface area contributed by atoms with Gasteiger partial charge in [0.1, 0.15) is 0 Å². The quantitative estimate of drug-likeness (QED) is 0.810. The summed E-state index contributed by atoms with van der Waals surface area (Å²) < 4.78 is 39.7. The molecule has 1 N–H and O–H groups in total. The first-order valence-corrected chi connectivity index (χ1v) is 7.32. The minimum absolute atomic E-state index is 0.574. The van der Waals surface area contributed by atoms with E-state index in [2.05, 4.69) is 33.3 Å². The van der Waals surface area contributed by atoms with E-state index < -0.39 is 11.7 Å². The van der Waals surface area contributed by atoms with E-state index in [9.17, 15) is 13.2 Å². The van der Waals surface area contributed by atoms with Crippen LogP contribution in [0.5, 0.6) is 0 Å². The van der Waals surface area contributed by atoms with Gasteiger partial charge in [-0.1, -0.05) is 13.0 Å². The first kappa shape index (κ1) is 16.0. The summed E-state index contributed by atoms with van der Waals surface area (Å²) in [5.74, 6) is 0. The minimum atomic E-state index is -4.38. The molecular formula is C14H15BrF3N3. The van der Waals surface area contributed by atoms with Crippen LogP contribution in [-0.2, 0) is 12.7 Å². The van der Waals surface area contributed by atoms with Gasteiger partial charge in [-0.15, -0.1) is 0 Å². The van der Waals surface area contributed by atoms with Crippen LogP contribution >= 0.6 is 15.9 Å². The Kier molecular flexibility index (Phi) is 5.05. The number of nitrogens with zero attached hydrogens (tertiary/aromatic N) is 2. The lowest BCUT2D eigenvalue weighted by atomic mass is 10.2. The van der Waals surface area contributed by atoms with Crippen molar-refractivity contribution < 1.29 is 13.2 Å². The van der Waals surface area contributed by atoms with Crippen LogP contribution in [0.4, 0.5) is 13.2 Å². The maximum absolute atomic E-state index is 12.6. The van der Waals surface area contributed by atoms with Crippen LogP contribution in [0, 0.1) is 0 Å². The molecule has 3 nitrogen and oxygen atoms in total. The molecule has 114 valence electrons. The van der Waals surface area contributed by atoms with Crippen LogP contribution in [0.25, 0.3) is 5.69 Å². The lowest BCUT2D eigenvalue weighted by Gasteiger charge is -2.08. The molecule has 0 spiro atoms. The molecular weight excluding hydrogens is 347 g/mol. The van der Waals surface area contributed by atoms with E-state index in [-0.39, 0.29) is 0 Å². The molecule has 7 heteroatoms. The topological polar surface area (TPSA) is 29.9 Å². The van der Waals surface area contributed by atoms with Gasteiger partial charge in [0, 0.05) is 17.2 Å². The molecule has 0 saturated heterocycles. The fraction of sp³-hybridized carbons (Fsp3) is 0.357. The fourth-order valence-corrected chi connectivity index (χ4v) is 2.46. The SMILES string of the molecule is CCCNCc1ccc(-n2cc(C(F)(F)F)cn2)c(Br)c1. The largest absolute Gasteiger partial charge is 0.419 e. The monoisotopic (exact) mass is 361 g/mol. The maximum Gasteiger partial charge on any atom is 0.419 e. The number of alkyl halides is 3. The second kappa shape index (κ2) is 6.62. The molecule has 0 radical (unpaired) electrons. The number of rotatable bonds is 5. The van der Waals surface area contributed by atoms with Gasteiger partial charge in [0.2, 0.25) is 0 Å². The molecule has 0 aliphatic heterocycles. The zero-order valence-electron chi connectivity index (χ0n) is 11.4. The lowest BCUT2D eigenvalue weighted by molar-refractivity contribution is -0.137. The number of nitrogens with one attached hydrogen (secondary N) is 1. The van der Waals surface area contributed by atoms with Crippen molar-refractivity contribution in [1.82, 2.24) is 15.1 Å². The van der Waals surface area contributed by atoms with Gasteiger partial charge in [0.15, 0.2) is 0 Å². The van der Waals surface area contributed by atoms with E-state index in [0.717, 1.165) is 37.5 Å². The van der Waals surface area contributed by atoms with Crippen molar-refractivity contribution in [2.75, 3.05) is 6.54 Å². The second-order valence-corrected chi connectivity index (χ2v) is 5.49. The number of hydrogen-bond donors (Lipinski definition) is 1. The van der Waals surface area contributed by atoms with Gasteiger partial charge in [-0.2, -0.15) is 18.3 Å². The third-order valence-corrected chi connectivity index (χ3v) is 3.56. The van der Waals surface area contributed by atoms with Gasteiger partial charge in [-0.05, 0) is 46.6 Å². The van der Waals surface area contributed by atoms with Gasteiger partial charge in [0.05, 0.1) is 17.4 Å². The molecule has 0 amide bonds. The van der Waals surface area contributed by atoms with Crippen LogP contribution in [-0.4, -0.2) is 16.3 Å². The molecule has 0 saturated carbocycles. The van der Waals surface area contributed by atoms with E-state index in [1.54, 1.807) is 6.07 Å². The minimum Gasteiger partial charge on any atom is -0.313 e. The maximum atomic E-state index is 12.6. The molecule has 2 aromatic rings. The van der Waals surface area contributed by atoms with Crippen molar-refractivity contribution in [3.63, 3.8) is 0 Å². The van der Waals surface area contributed by atoms with Crippen molar-refractivity contribution >= 4 is 15.9 Å². The van der Waals surface area contributed by atoms with Crippen LogP contribution in [0.15, 0.2) is 35.1 Å². The van der Waals surface area contributed by atoms with Gasteiger partial charge in [-0.3, -0.25) is 0 Å². The summed E-state index contributed by atoms with van der Waals surface area (Å²) in [4.78, 5) is 0. The first-order chi connectivity index (χ1) is 9.91. The summed E-state index contributed by atoms with van der Waals surface area (Å²) in [5, 5.41) is 7.04. The molecule has 0 unspecified atom stereocenters. The summed E-state index contributed by atoms with van der Waals surface area (Å²) >= 11 is 3.38. The molecule has 0 fully saturated rings. The molecule has 0 aliphatic rings. The summed E-state index contributed by atoms with van der Waals surface area (Å²) in [6.45, 7) is 3.73. The van der Waals surface area contributed by atoms with Crippen LogP contribution in [0.2, 0.25) is 0 Å². The number of aromatic nitrogens is 2. The van der Waals surface area contributed by atoms with Gasteiger partial charge >= 0.3 is 6.18 Å². The average molecular weight is 362 g/mol. The average Bonchev–Trinajstić information content (AvgIpc) is 2.88. The van der Waals surface area contributed by atoms with Crippen LogP contribution in [0.3, 0.4) is 0 Å². The van der Waals surface area contributed by atoms with Gasteiger partial charge in [0.25, 0.3) is 0 Å². The Morgan fingerprint density at radius 2 is 2.10 bits per heavy atom. The highest BCUT2D eigenvalue weighted by Crippen LogP contribution is 2.30. The van der Waals surface area contributed by atoms with Crippen molar-refractivity contribution in [2.24, 2.45) is 0 Å². The molecule has 1 aromatic heterocycles. The summed E-state index contributed by atoms with van der Waals surface area (Å²) in [5.41, 5.74) is 0.870. The molecule has 1 aromatic carbocycles. The lowest BCUT2D eigenvalue weighted by Crippen LogP contribution is -2.13. The summed E-state index contributed by atoms with van der Waals surface area (Å²) in [6.07, 6.45) is -1.53. The standard InChI is InChI=1S/C14H15BrF3N3/c1-2-5-19-7-10-3-4-13(12(15)6-10)21-9-11(8-20-21)14(16,17)18/h3-4,6,8-9,19H,2,5,7H2,1H3. The van der Waals surface area contributed by atoms with E-state index in [1.807, 2.05) is 12.1 Å². The Labute approximate surface area is 129 Å². The number of halogens is 4. The van der Waals surface area contributed by atoms with Crippen molar-refractivity contribution in [2.45, 2.75) is 26.1 Å². The van der Waals surface area contributed by atoms with E-state index in [1.165, 1.54) is 4.68 Å². The Morgan fingerprint density at radius 1 is 1.33 bits per heavy atom. The Morgan fingerprint density at radius 3 is 2.67 bits per heavy atom. The Balaban J connectivity index is 2.19. The molecule has 1 heterocycles. The van der Waals surface area contributed by atoms with E-state index in [4.69, 9.17) is 0 Å². The predicted octanol–water partition coefficient (Wildman–Crippen LogP) is 4.15. The predicted molar refractivity (Wildman–Crippen MR) is 78.3 cm³/mol. The number of hydrogen-bond acceptors (Lipinski definition) is 2. The number of benzene rings is 1. The zero-order valence-corrected chi connectivity index (χ0v) is 13.0. The van der Waals surface area contributed by atoms with E-state index >= 15 is 0 Å². The Bertz CT molecular complexity index is 608. The molecule has 2 rings (SSSR count). The molecule has 21 heavy (non-hydrogen) atoms. The van der Waals surface area contributed by atoms with Crippen LogP contribution < -0.4 is 5.32 Å². The zero-order chi connectivity index (χ0) is 15.5. The second-order valence-electron chi connectivity index (χ2n) is 4.63. The molecule has 0 aliphatic carbocycles. The third kappa shape index (κ3) is 4.07. The highest BCUT2D eigenvalue weighted by Gasteiger charge is 2.32.